The van der Waals surface area contributed by atoms with Gasteiger partial charge in [-0.2, -0.15) is 0 Å². The summed E-state index contributed by atoms with van der Waals surface area (Å²) in [4.78, 5) is 27.8. The molecule has 1 saturated carbocycles. The summed E-state index contributed by atoms with van der Waals surface area (Å²) >= 11 is 0. The molecule has 1 aromatic heterocycles. The molecule has 2 atom stereocenters. The molecule has 1 aliphatic heterocycles. The standard InChI is InChI=1S/C29H33NO6/c1-19-24-11-10-23(35-18-20-6-8-22(34-2)9-7-20)15-26(24)36-28(32)25(19)16-27(31)30-14-13-29(33)12-4-3-5-21(29)17-30/h6-11,15,21,33H,3-5,12-14,16-18H2,1-2H3/t21-,29-/m1/s1. The van der Waals surface area contributed by atoms with Gasteiger partial charge >= 0.3 is 5.63 Å². The van der Waals surface area contributed by atoms with E-state index in [1.807, 2.05) is 48.2 Å². The van der Waals surface area contributed by atoms with Crippen molar-refractivity contribution < 1.29 is 23.8 Å². The Morgan fingerprint density at radius 1 is 1.14 bits per heavy atom. The van der Waals surface area contributed by atoms with Crippen LogP contribution < -0.4 is 15.1 Å². The van der Waals surface area contributed by atoms with E-state index in [1.165, 1.54) is 0 Å². The summed E-state index contributed by atoms with van der Waals surface area (Å²) in [5.74, 6) is 1.41. The number of methoxy groups -OCH3 is 1. The average Bonchev–Trinajstić information content (AvgIpc) is 2.89. The summed E-state index contributed by atoms with van der Waals surface area (Å²) in [6.45, 7) is 3.31. The monoisotopic (exact) mass is 491 g/mol. The number of carbonyl (C=O) groups excluding carboxylic acids is 1. The highest BCUT2D eigenvalue weighted by molar-refractivity contribution is 5.85. The fraction of sp³-hybridized carbons (Fsp3) is 0.448. The van der Waals surface area contributed by atoms with E-state index in [-0.39, 0.29) is 18.2 Å². The van der Waals surface area contributed by atoms with Crippen LogP contribution in [0.5, 0.6) is 11.5 Å². The number of rotatable bonds is 6. The minimum atomic E-state index is -0.639. The van der Waals surface area contributed by atoms with E-state index in [9.17, 15) is 14.7 Å². The van der Waals surface area contributed by atoms with E-state index in [0.717, 1.165) is 47.9 Å². The van der Waals surface area contributed by atoms with Gasteiger partial charge in [0.25, 0.3) is 0 Å². The molecule has 2 aliphatic rings. The van der Waals surface area contributed by atoms with Crippen LogP contribution in [0.2, 0.25) is 0 Å². The Kier molecular flexibility index (Phi) is 6.75. The van der Waals surface area contributed by atoms with Crippen molar-refractivity contribution in [3.8, 4) is 11.5 Å². The minimum Gasteiger partial charge on any atom is -0.497 e. The number of ether oxygens (including phenoxy) is 2. The third kappa shape index (κ3) is 4.85. The number of hydrogen-bond acceptors (Lipinski definition) is 6. The Morgan fingerprint density at radius 3 is 2.69 bits per heavy atom. The van der Waals surface area contributed by atoms with Crippen LogP contribution in [0.15, 0.2) is 51.7 Å². The molecular formula is C29H33NO6. The first kappa shape index (κ1) is 24.4. The molecule has 2 aromatic carbocycles. The molecule has 36 heavy (non-hydrogen) atoms. The van der Waals surface area contributed by atoms with Crippen molar-refractivity contribution in [2.45, 2.75) is 57.7 Å². The quantitative estimate of drug-likeness (QED) is 0.515. The van der Waals surface area contributed by atoms with Gasteiger partial charge in [-0.3, -0.25) is 4.79 Å². The van der Waals surface area contributed by atoms with Crippen molar-refractivity contribution in [2.24, 2.45) is 5.92 Å². The maximum atomic E-state index is 13.1. The SMILES string of the molecule is COc1ccc(COc2ccc3c(C)c(CC(=O)N4CC[C@]5(O)CCCC[C@@H]5C4)c(=O)oc3c2)cc1. The first-order chi connectivity index (χ1) is 17.4. The Morgan fingerprint density at radius 2 is 1.92 bits per heavy atom. The smallest absolute Gasteiger partial charge is 0.340 e. The molecule has 0 bridgehead atoms. The van der Waals surface area contributed by atoms with Gasteiger partial charge in [0.2, 0.25) is 5.91 Å². The molecule has 3 aromatic rings. The van der Waals surface area contributed by atoms with Crippen molar-refractivity contribution in [1.82, 2.24) is 4.90 Å². The molecule has 190 valence electrons. The number of benzene rings is 2. The van der Waals surface area contributed by atoms with Crippen molar-refractivity contribution in [3.63, 3.8) is 0 Å². The summed E-state index contributed by atoms with van der Waals surface area (Å²) in [5, 5.41) is 11.7. The molecular weight excluding hydrogens is 458 g/mol. The number of likely N-dealkylation sites (tertiary alicyclic amines) is 1. The third-order valence-electron chi connectivity index (χ3n) is 7.93. The van der Waals surface area contributed by atoms with Crippen LogP contribution in [-0.2, 0) is 17.8 Å². The van der Waals surface area contributed by atoms with Gasteiger partial charge in [-0.05, 0) is 61.6 Å². The van der Waals surface area contributed by atoms with E-state index >= 15 is 0 Å². The number of fused-ring (bicyclic) bond motifs is 2. The molecule has 1 aliphatic carbocycles. The summed E-state index contributed by atoms with van der Waals surface area (Å²) in [5.41, 5.74) is 1.44. The average molecular weight is 492 g/mol. The summed E-state index contributed by atoms with van der Waals surface area (Å²) in [6, 6.07) is 13.1. The van der Waals surface area contributed by atoms with Crippen molar-refractivity contribution in [3.05, 3.63) is 69.6 Å². The number of aryl methyl sites for hydroxylation is 1. The van der Waals surface area contributed by atoms with Gasteiger partial charge in [-0.1, -0.05) is 25.0 Å². The topological polar surface area (TPSA) is 89.2 Å². The number of piperidine rings is 1. The third-order valence-corrected chi connectivity index (χ3v) is 7.93. The van der Waals surface area contributed by atoms with Crippen LogP contribution in [-0.4, -0.2) is 41.7 Å². The van der Waals surface area contributed by atoms with Gasteiger partial charge in [-0.15, -0.1) is 0 Å². The van der Waals surface area contributed by atoms with Crippen LogP contribution in [0.4, 0.5) is 0 Å². The molecule has 2 heterocycles. The summed E-state index contributed by atoms with van der Waals surface area (Å²) in [7, 11) is 1.63. The summed E-state index contributed by atoms with van der Waals surface area (Å²) in [6.07, 6.45) is 4.51. The zero-order valence-electron chi connectivity index (χ0n) is 20.9. The first-order valence-corrected chi connectivity index (χ1v) is 12.7. The highest BCUT2D eigenvalue weighted by Gasteiger charge is 2.43. The van der Waals surface area contributed by atoms with Gasteiger partial charge in [0.15, 0.2) is 0 Å². The van der Waals surface area contributed by atoms with Crippen LogP contribution in [0, 0.1) is 12.8 Å². The number of aliphatic hydroxyl groups is 1. The lowest BCUT2D eigenvalue weighted by Gasteiger charge is -2.47. The van der Waals surface area contributed by atoms with Gasteiger partial charge in [0.1, 0.15) is 23.7 Å². The molecule has 1 amide bonds. The predicted molar refractivity (Wildman–Crippen MR) is 136 cm³/mol. The van der Waals surface area contributed by atoms with Gasteiger partial charge in [0.05, 0.1) is 24.7 Å². The molecule has 1 saturated heterocycles. The maximum absolute atomic E-state index is 13.1. The Balaban J connectivity index is 1.29. The van der Waals surface area contributed by atoms with Crippen LogP contribution in [0.3, 0.4) is 0 Å². The molecule has 2 fully saturated rings. The van der Waals surface area contributed by atoms with Crippen LogP contribution in [0.25, 0.3) is 11.0 Å². The number of amides is 1. The highest BCUT2D eigenvalue weighted by Crippen LogP contribution is 2.40. The second-order valence-electron chi connectivity index (χ2n) is 10.1. The molecule has 1 N–H and O–H groups in total. The second kappa shape index (κ2) is 9.97. The first-order valence-electron chi connectivity index (χ1n) is 12.7. The fourth-order valence-corrected chi connectivity index (χ4v) is 5.62. The lowest BCUT2D eigenvalue weighted by molar-refractivity contribution is -0.142. The Labute approximate surface area is 210 Å². The van der Waals surface area contributed by atoms with E-state index in [4.69, 9.17) is 13.9 Å². The van der Waals surface area contributed by atoms with E-state index < -0.39 is 11.2 Å². The maximum Gasteiger partial charge on any atom is 0.340 e. The predicted octanol–water partition coefficient (Wildman–Crippen LogP) is 4.39. The zero-order chi connectivity index (χ0) is 25.3. The minimum absolute atomic E-state index is 0.00494. The normalized spacial score (nSPS) is 21.8. The van der Waals surface area contributed by atoms with E-state index in [2.05, 4.69) is 0 Å². The molecule has 7 nitrogen and oxygen atoms in total. The largest absolute Gasteiger partial charge is 0.497 e. The fourth-order valence-electron chi connectivity index (χ4n) is 5.62. The molecule has 5 rings (SSSR count). The highest BCUT2D eigenvalue weighted by atomic mass is 16.5. The second-order valence-corrected chi connectivity index (χ2v) is 10.1. The molecule has 0 unspecified atom stereocenters. The number of nitrogens with zero attached hydrogens (tertiary/aromatic N) is 1. The Hall–Kier alpha value is -3.32. The van der Waals surface area contributed by atoms with Crippen LogP contribution in [0.1, 0.15) is 48.8 Å². The van der Waals surface area contributed by atoms with Gasteiger partial charge in [0, 0.05) is 30.5 Å². The molecule has 0 radical (unpaired) electrons. The lowest BCUT2D eigenvalue weighted by atomic mass is 9.71. The number of carbonyl (C=O) groups is 1. The van der Waals surface area contributed by atoms with Gasteiger partial charge in [-0.25, -0.2) is 4.79 Å². The molecule has 0 spiro atoms. The van der Waals surface area contributed by atoms with E-state index in [1.54, 1.807) is 13.2 Å². The van der Waals surface area contributed by atoms with Gasteiger partial charge < -0.3 is 23.9 Å². The van der Waals surface area contributed by atoms with Crippen molar-refractivity contribution in [2.75, 3.05) is 20.2 Å². The number of hydrogen-bond donors (Lipinski definition) is 1. The summed E-state index contributed by atoms with van der Waals surface area (Å²) < 4.78 is 16.7. The van der Waals surface area contributed by atoms with E-state index in [0.29, 0.717) is 43.0 Å². The van der Waals surface area contributed by atoms with Crippen LogP contribution >= 0.6 is 0 Å². The van der Waals surface area contributed by atoms with Crippen molar-refractivity contribution in [1.29, 1.82) is 0 Å². The van der Waals surface area contributed by atoms with Crippen molar-refractivity contribution >= 4 is 16.9 Å². The molecule has 7 heteroatoms. The zero-order valence-corrected chi connectivity index (χ0v) is 20.9. The Bertz CT molecular complexity index is 1310. The lowest BCUT2D eigenvalue weighted by Crippen LogP contribution is -2.55.